The van der Waals surface area contributed by atoms with Gasteiger partial charge in [0.2, 0.25) is 0 Å². The van der Waals surface area contributed by atoms with Crippen LogP contribution in [0.4, 0.5) is 0 Å². The van der Waals surface area contributed by atoms with Crippen LogP contribution in [-0.2, 0) is 6.54 Å². The normalized spacial score (nSPS) is 11.8. The predicted octanol–water partition coefficient (Wildman–Crippen LogP) is 3.98. The highest BCUT2D eigenvalue weighted by atomic mass is 32.1. The van der Waals surface area contributed by atoms with E-state index < -0.39 is 0 Å². The average Bonchev–Trinajstić information content (AvgIpc) is 2.79. The van der Waals surface area contributed by atoms with Gasteiger partial charge in [0.25, 0.3) is 0 Å². The third-order valence-electron chi connectivity index (χ3n) is 3.25. The van der Waals surface area contributed by atoms with Gasteiger partial charge in [0.05, 0.1) is 15.9 Å². The van der Waals surface area contributed by atoms with Crippen molar-refractivity contribution in [2.45, 2.75) is 40.7 Å². The van der Waals surface area contributed by atoms with Crippen LogP contribution in [0.3, 0.4) is 0 Å². The van der Waals surface area contributed by atoms with Gasteiger partial charge in [-0.25, -0.2) is 4.98 Å². The standard InChI is InChI=1S/C14H17N3S/c1-5-6-17-12-11-8(2)7-9(3)15-14(11)18-13(12)10(4)16-17/h7H,5-6H2,1-4H3. The molecule has 0 unspecified atom stereocenters. The van der Waals surface area contributed by atoms with E-state index in [4.69, 9.17) is 0 Å². The Bertz CT molecular complexity index is 736. The molecule has 94 valence electrons. The molecule has 3 aromatic rings. The maximum atomic E-state index is 4.67. The number of fused-ring (bicyclic) bond motifs is 3. The molecule has 18 heavy (non-hydrogen) atoms. The Morgan fingerprint density at radius 3 is 2.78 bits per heavy atom. The van der Waals surface area contributed by atoms with Gasteiger partial charge in [-0.3, -0.25) is 4.68 Å². The quantitative estimate of drug-likeness (QED) is 0.697. The van der Waals surface area contributed by atoms with Crippen LogP contribution in [0.15, 0.2) is 6.07 Å². The van der Waals surface area contributed by atoms with Gasteiger partial charge in [-0.2, -0.15) is 5.10 Å². The third-order valence-corrected chi connectivity index (χ3v) is 4.44. The highest BCUT2D eigenvalue weighted by Crippen LogP contribution is 2.36. The Kier molecular flexibility index (Phi) is 2.63. The Morgan fingerprint density at radius 1 is 1.28 bits per heavy atom. The molecule has 0 spiro atoms. The highest BCUT2D eigenvalue weighted by Gasteiger charge is 2.16. The topological polar surface area (TPSA) is 30.7 Å². The van der Waals surface area contributed by atoms with Crippen molar-refractivity contribution in [2.24, 2.45) is 0 Å². The van der Waals surface area contributed by atoms with Crippen LogP contribution in [0.1, 0.15) is 30.3 Å². The summed E-state index contributed by atoms with van der Waals surface area (Å²) in [6.07, 6.45) is 1.10. The second-order valence-corrected chi connectivity index (χ2v) is 5.85. The van der Waals surface area contributed by atoms with E-state index in [1.807, 2.05) is 0 Å². The minimum atomic E-state index is 0.976. The number of nitrogens with zero attached hydrogens (tertiary/aromatic N) is 3. The van der Waals surface area contributed by atoms with Crippen LogP contribution < -0.4 is 0 Å². The second kappa shape index (κ2) is 4.05. The maximum absolute atomic E-state index is 4.67. The fourth-order valence-corrected chi connectivity index (χ4v) is 3.80. The fraction of sp³-hybridized carbons (Fsp3) is 0.429. The van der Waals surface area contributed by atoms with Crippen LogP contribution in [0.5, 0.6) is 0 Å². The molecule has 0 N–H and O–H groups in total. The van der Waals surface area contributed by atoms with Crippen molar-refractivity contribution in [2.75, 3.05) is 0 Å². The zero-order valence-electron chi connectivity index (χ0n) is 11.2. The van der Waals surface area contributed by atoms with E-state index in [1.54, 1.807) is 11.3 Å². The van der Waals surface area contributed by atoms with E-state index in [2.05, 4.69) is 48.5 Å². The van der Waals surface area contributed by atoms with Gasteiger partial charge in [-0.15, -0.1) is 11.3 Å². The zero-order chi connectivity index (χ0) is 12.9. The summed E-state index contributed by atoms with van der Waals surface area (Å²) < 4.78 is 3.44. The van der Waals surface area contributed by atoms with E-state index in [-0.39, 0.29) is 0 Å². The minimum absolute atomic E-state index is 0.976. The lowest BCUT2D eigenvalue weighted by Gasteiger charge is -2.03. The van der Waals surface area contributed by atoms with Crippen molar-refractivity contribution in [3.05, 3.63) is 23.0 Å². The summed E-state index contributed by atoms with van der Waals surface area (Å²) in [7, 11) is 0. The average molecular weight is 259 g/mol. The Hall–Kier alpha value is -1.42. The van der Waals surface area contributed by atoms with Crippen molar-refractivity contribution in [1.29, 1.82) is 0 Å². The molecule has 0 saturated heterocycles. The molecule has 4 heteroatoms. The molecule has 0 bridgehead atoms. The van der Waals surface area contributed by atoms with E-state index in [1.165, 1.54) is 21.2 Å². The minimum Gasteiger partial charge on any atom is -0.263 e. The maximum Gasteiger partial charge on any atom is 0.126 e. The van der Waals surface area contributed by atoms with Crippen molar-refractivity contribution in [3.8, 4) is 0 Å². The first-order valence-corrected chi connectivity index (χ1v) is 7.17. The molecule has 0 radical (unpaired) electrons. The molecular formula is C14H17N3S. The highest BCUT2D eigenvalue weighted by molar-refractivity contribution is 7.25. The number of hydrogen-bond acceptors (Lipinski definition) is 3. The molecule has 3 heterocycles. The lowest BCUT2D eigenvalue weighted by atomic mass is 10.1. The van der Waals surface area contributed by atoms with Gasteiger partial charge in [0.15, 0.2) is 0 Å². The van der Waals surface area contributed by atoms with Crippen LogP contribution in [-0.4, -0.2) is 14.8 Å². The van der Waals surface area contributed by atoms with Crippen LogP contribution in [0.25, 0.3) is 20.4 Å². The van der Waals surface area contributed by atoms with Crippen molar-refractivity contribution in [1.82, 2.24) is 14.8 Å². The first kappa shape index (κ1) is 11.7. The number of aromatic nitrogens is 3. The number of aryl methyl sites for hydroxylation is 4. The molecule has 0 amide bonds. The third kappa shape index (κ3) is 1.56. The van der Waals surface area contributed by atoms with Crippen molar-refractivity contribution in [3.63, 3.8) is 0 Å². The number of rotatable bonds is 2. The molecule has 3 aromatic heterocycles. The molecule has 0 aromatic carbocycles. The first-order chi connectivity index (χ1) is 8.61. The monoisotopic (exact) mass is 259 g/mol. The lowest BCUT2D eigenvalue weighted by molar-refractivity contribution is 0.618. The second-order valence-electron chi connectivity index (χ2n) is 4.85. The van der Waals surface area contributed by atoms with Crippen LogP contribution >= 0.6 is 11.3 Å². The number of hydrogen-bond donors (Lipinski definition) is 0. The van der Waals surface area contributed by atoms with Gasteiger partial charge in [-0.05, 0) is 38.8 Å². The van der Waals surface area contributed by atoms with Gasteiger partial charge in [-0.1, -0.05) is 6.92 Å². The molecule has 3 rings (SSSR count). The molecule has 0 aliphatic rings. The summed E-state index contributed by atoms with van der Waals surface area (Å²) >= 11 is 1.77. The fourth-order valence-electron chi connectivity index (χ4n) is 2.56. The molecule has 0 aliphatic heterocycles. The molecule has 3 nitrogen and oxygen atoms in total. The Labute approximate surface area is 110 Å². The van der Waals surface area contributed by atoms with Crippen molar-refractivity contribution < 1.29 is 0 Å². The van der Waals surface area contributed by atoms with Gasteiger partial charge in [0, 0.05) is 17.6 Å². The number of pyridine rings is 1. The van der Waals surface area contributed by atoms with Gasteiger partial charge >= 0.3 is 0 Å². The molecular weight excluding hydrogens is 242 g/mol. The predicted molar refractivity (Wildman–Crippen MR) is 77.4 cm³/mol. The van der Waals surface area contributed by atoms with E-state index in [0.717, 1.165) is 29.2 Å². The van der Waals surface area contributed by atoms with Gasteiger partial charge in [0.1, 0.15) is 4.83 Å². The van der Waals surface area contributed by atoms with Crippen LogP contribution in [0, 0.1) is 20.8 Å². The summed E-state index contributed by atoms with van der Waals surface area (Å²) in [5.41, 5.74) is 4.80. The van der Waals surface area contributed by atoms with Crippen molar-refractivity contribution >= 4 is 31.8 Å². The lowest BCUT2D eigenvalue weighted by Crippen LogP contribution is -1.99. The largest absolute Gasteiger partial charge is 0.263 e. The van der Waals surface area contributed by atoms with E-state index in [0.29, 0.717) is 0 Å². The smallest absolute Gasteiger partial charge is 0.126 e. The first-order valence-electron chi connectivity index (χ1n) is 6.35. The Morgan fingerprint density at radius 2 is 2.06 bits per heavy atom. The van der Waals surface area contributed by atoms with E-state index >= 15 is 0 Å². The zero-order valence-corrected chi connectivity index (χ0v) is 12.1. The molecule has 0 aliphatic carbocycles. The summed E-state index contributed by atoms with van der Waals surface area (Å²) in [6, 6.07) is 2.16. The van der Waals surface area contributed by atoms with Gasteiger partial charge < -0.3 is 0 Å². The summed E-state index contributed by atoms with van der Waals surface area (Å²) in [5.74, 6) is 0. The number of thiophene rings is 1. The van der Waals surface area contributed by atoms with E-state index in [9.17, 15) is 0 Å². The summed E-state index contributed by atoms with van der Waals surface area (Å²) in [4.78, 5) is 5.81. The molecule has 0 atom stereocenters. The SMILES string of the molecule is CCCn1nc(C)c2sc3nc(C)cc(C)c3c21. The summed E-state index contributed by atoms with van der Waals surface area (Å²) in [6.45, 7) is 9.48. The molecule has 0 fully saturated rings. The molecule has 0 saturated carbocycles. The Balaban J connectivity index is 2.47. The van der Waals surface area contributed by atoms with Crippen LogP contribution in [0.2, 0.25) is 0 Å². The summed E-state index contributed by atoms with van der Waals surface area (Å²) in [5, 5.41) is 5.94.